The molecular formula is C18H23N5O7S. The molecule has 1 fully saturated rings. The zero-order chi connectivity index (χ0) is 22.6. The zero-order valence-corrected chi connectivity index (χ0v) is 17.9. The van der Waals surface area contributed by atoms with Gasteiger partial charge in [-0.2, -0.15) is 9.40 Å². The summed E-state index contributed by atoms with van der Waals surface area (Å²) in [6, 6.07) is 4.97. The van der Waals surface area contributed by atoms with Crippen LogP contribution in [0, 0.1) is 10.1 Å². The molecule has 1 N–H and O–H groups in total. The molecule has 13 heteroatoms. The first-order valence-corrected chi connectivity index (χ1v) is 11.0. The van der Waals surface area contributed by atoms with Crippen LogP contribution in [0.5, 0.6) is 5.75 Å². The third-order valence-corrected chi connectivity index (χ3v) is 6.42. The first-order chi connectivity index (χ1) is 14.7. The molecule has 1 aliphatic heterocycles. The first kappa shape index (κ1) is 22.7. The molecule has 1 amide bonds. The molecule has 168 valence electrons. The normalized spacial score (nSPS) is 15.1. The molecule has 31 heavy (non-hydrogen) atoms. The number of carbonyl (C=O) groups excluding carboxylic acids is 1. The molecule has 12 nitrogen and oxygen atoms in total. The zero-order valence-electron chi connectivity index (χ0n) is 17.1. The van der Waals surface area contributed by atoms with Crippen LogP contribution in [0.3, 0.4) is 0 Å². The number of anilines is 1. The van der Waals surface area contributed by atoms with E-state index in [1.165, 1.54) is 22.6 Å². The van der Waals surface area contributed by atoms with Crippen molar-refractivity contribution in [3.63, 3.8) is 0 Å². The Kier molecular flexibility index (Phi) is 6.87. The van der Waals surface area contributed by atoms with Crippen molar-refractivity contribution in [3.8, 4) is 5.75 Å². The molecule has 2 heterocycles. The second kappa shape index (κ2) is 9.41. The molecule has 3 rings (SSSR count). The summed E-state index contributed by atoms with van der Waals surface area (Å²) in [5.41, 5.74) is -0.547. The van der Waals surface area contributed by atoms with Crippen LogP contribution in [0.15, 0.2) is 35.4 Å². The fourth-order valence-corrected chi connectivity index (χ4v) is 4.43. The van der Waals surface area contributed by atoms with E-state index in [9.17, 15) is 23.3 Å². The average molecular weight is 453 g/mol. The van der Waals surface area contributed by atoms with Crippen LogP contribution in [0.4, 0.5) is 11.5 Å². The molecule has 1 aromatic carbocycles. The number of amides is 1. The lowest BCUT2D eigenvalue weighted by molar-refractivity contribution is -0.386. The predicted octanol–water partition coefficient (Wildman–Crippen LogP) is 1.41. The molecule has 0 bridgehead atoms. The topological polar surface area (TPSA) is 146 Å². The van der Waals surface area contributed by atoms with E-state index in [0.717, 1.165) is 6.07 Å². The van der Waals surface area contributed by atoms with Gasteiger partial charge in [0.15, 0.2) is 12.4 Å². The van der Waals surface area contributed by atoms with Crippen molar-refractivity contribution in [3.05, 3.63) is 40.6 Å². The van der Waals surface area contributed by atoms with Crippen LogP contribution in [0.2, 0.25) is 0 Å². The number of nitro benzene ring substituents is 1. The van der Waals surface area contributed by atoms with Gasteiger partial charge in [0.05, 0.1) is 29.2 Å². The molecule has 0 radical (unpaired) electrons. The fraction of sp³-hybridized carbons (Fsp3) is 0.444. The van der Waals surface area contributed by atoms with Gasteiger partial charge in [0, 0.05) is 31.3 Å². The van der Waals surface area contributed by atoms with Gasteiger partial charge in [-0.25, -0.2) is 13.1 Å². The monoisotopic (exact) mass is 453 g/mol. The number of nitro groups is 1. The third-order valence-electron chi connectivity index (χ3n) is 4.52. The first-order valence-electron chi connectivity index (χ1n) is 9.52. The van der Waals surface area contributed by atoms with Crippen LogP contribution < -0.4 is 10.1 Å². The van der Waals surface area contributed by atoms with E-state index in [1.54, 1.807) is 10.7 Å². The lowest BCUT2D eigenvalue weighted by atomic mass is 10.3. The molecular weight excluding hydrogens is 430 g/mol. The summed E-state index contributed by atoms with van der Waals surface area (Å²) in [7, 11) is -3.91. The number of hydrogen-bond donors (Lipinski definition) is 1. The van der Waals surface area contributed by atoms with Crippen molar-refractivity contribution in [2.45, 2.75) is 24.8 Å². The Balaban J connectivity index is 1.73. The van der Waals surface area contributed by atoms with Crippen molar-refractivity contribution in [1.29, 1.82) is 0 Å². The Bertz CT molecular complexity index is 1060. The predicted molar refractivity (Wildman–Crippen MR) is 109 cm³/mol. The van der Waals surface area contributed by atoms with E-state index >= 15 is 0 Å². The molecule has 0 atom stereocenters. The highest BCUT2D eigenvalue weighted by Gasteiger charge is 2.29. The van der Waals surface area contributed by atoms with E-state index in [2.05, 4.69) is 10.4 Å². The van der Waals surface area contributed by atoms with Crippen LogP contribution in [0.1, 0.15) is 19.9 Å². The maximum Gasteiger partial charge on any atom is 0.312 e. The van der Waals surface area contributed by atoms with E-state index < -0.39 is 33.1 Å². The van der Waals surface area contributed by atoms with Gasteiger partial charge in [0.2, 0.25) is 10.0 Å². The number of hydrogen-bond acceptors (Lipinski definition) is 8. The summed E-state index contributed by atoms with van der Waals surface area (Å²) >= 11 is 0. The van der Waals surface area contributed by atoms with Gasteiger partial charge in [-0.3, -0.25) is 14.9 Å². The summed E-state index contributed by atoms with van der Waals surface area (Å²) in [4.78, 5) is 22.7. The third kappa shape index (κ3) is 5.18. The minimum atomic E-state index is -3.91. The van der Waals surface area contributed by atoms with Gasteiger partial charge in [-0.05, 0) is 26.0 Å². The van der Waals surface area contributed by atoms with Crippen LogP contribution >= 0.6 is 0 Å². The molecule has 1 aliphatic rings. The summed E-state index contributed by atoms with van der Waals surface area (Å²) in [6.07, 6.45) is 1.54. The molecule has 0 unspecified atom stereocenters. The highest BCUT2D eigenvalue weighted by molar-refractivity contribution is 7.89. The van der Waals surface area contributed by atoms with Gasteiger partial charge < -0.3 is 14.8 Å². The van der Waals surface area contributed by atoms with E-state index in [1.807, 2.05) is 13.8 Å². The van der Waals surface area contributed by atoms with Gasteiger partial charge in [0.1, 0.15) is 5.82 Å². The Morgan fingerprint density at radius 2 is 2.03 bits per heavy atom. The number of nitrogens with one attached hydrogen (secondary N) is 1. The summed E-state index contributed by atoms with van der Waals surface area (Å²) in [6.45, 7) is 4.15. The number of benzene rings is 1. The van der Waals surface area contributed by atoms with Crippen molar-refractivity contribution >= 4 is 27.4 Å². The van der Waals surface area contributed by atoms with Crippen LogP contribution in [0.25, 0.3) is 0 Å². The summed E-state index contributed by atoms with van der Waals surface area (Å²) in [5.74, 6) is -0.287. The van der Waals surface area contributed by atoms with Crippen LogP contribution in [-0.2, 0) is 19.6 Å². The molecule has 1 saturated heterocycles. The number of aromatic nitrogens is 2. The maximum atomic E-state index is 12.7. The summed E-state index contributed by atoms with van der Waals surface area (Å²) in [5, 5.41) is 18.2. The Morgan fingerprint density at radius 1 is 1.32 bits per heavy atom. The Hall–Kier alpha value is -3.03. The Morgan fingerprint density at radius 3 is 2.68 bits per heavy atom. The smallest absolute Gasteiger partial charge is 0.312 e. The number of carbonyl (C=O) groups is 1. The quantitative estimate of drug-likeness (QED) is 0.466. The minimum Gasteiger partial charge on any atom is -0.477 e. The second-order valence-corrected chi connectivity index (χ2v) is 8.93. The lowest BCUT2D eigenvalue weighted by Gasteiger charge is -2.26. The average Bonchev–Trinajstić information content (AvgIpc) is 3.21. The number of morpholine rings is 1. The highest BCUT2D eigenvalue weighted by Crippen LogP contribution is 2.31. The minimum absolute atomic E-state index is 0.0215. The number of sulfonamides is 1. The van der Waals surface area contributed by atoms with E-state index in [-0.39, 0.29) is 43.0 Å². The van der Waals surface area contributed by atoms with Crippen molar-refractivity contribution in [1.82, 2.24) is 14.1 Å². The molecule has 1 aromatic heterocycles. The highest BCUT2D eigenvalue weighted by atomic mass is 32.2. The van der Waals surface area contributed by atoms with Crippen molar-refractivity contribution in [2.75, 3.05) is 38.2 Å². The van der Waals surface area contributed by atoms with Crippen molar-refractivity contribution in [2.24, 2.45) is 0 Å². The number of rotatable bonds is 8. The van der Waals surface area contributed by atoms with Gasteiger partial charge in [-0.1, -0.05) is 0 Å². The van der Waals surface area contributed by atoms with Crippen LogP contribution in [-0.4, -0.2) is 66.2 Å². The number of nitrogens with zero attached hydrogens (tertiary/aromatic N) is 4. The fourth-order valence-electron chi connectivity index (χ4n) is 3.01. The molecule has 0 aliphatic carbocycles. The maximum absolute atomic E-state index is 12.7. The summed E-state index contributed by atoms with van der Waals surface area (Å²) < 4.78 is 38.7. The van der Waals surface area contributed by atoms with Crippen molar-refractivity contribution < 1.29 is 27.6 Å². The standard InChI is InChI=1S/C18H23N5O7S/c1-13(2)22-17(5-6-19-22)20-18(24)12-30-16-4-3-14(11-15(16)23(25)26)31(27,28)21-7-9-29-10-8-21/h3-6,11,13H,7-10,12H2,1-2H3,(H,20,24). The van der Waals surface area contributed by atoms with Gasteiger partial charge in [-0.15, -0.1) is 0 Å². The lowest BCUT2D eigenvalue weighted by Crippen LogP contribution is -2.40. The Labute approximate surface area is 178 Å². The second-order valence-electron chi connectivity index (χ2n) is 6.99. The SMILES string of the molecule is CC(C)n1nccc1NC(=O)COc1ccc(S(=O)(=O)N2CCOCC2)cc1[N+](=O)[O-]. The van der Waals surface area contributed by atoms with E-state index in [0.29, 0.717) is 5.82 Å². The molecule has 0 spiro atoms. The van der Waals surface area contributed by atoms with E-state index in [4.69, 9.17) is 9.47 Å². The molecule has 0 saturated carbocycles. The molecule has 2 aromatic rings. The van der Waals surface area contributed by atoms with Gasteiger partial charge in [0.25, 0.3) is 5.91 Å². The van der Waals surface area contributed by atoms with Gasteiger partial charge >= 0.3 is 5.69 Å². The number of ether oxygens (including phenoxy) is 2. The largest absolute Gasteiger partial charge is 0.477 e.